The topological polar surface area (TPSA) is 47.3 Å². The molecule has 1 aliphatic rings. The highest BCUT2D eigenvalue weighted by molar-refractivity contribution is 5.20. The van der Waals surface area contributed by atoms with Gasteiger partial charge >= 0.3 is 0 Å². The molecule has 80 valence electrons. The van der Waals surface area contributed by atoms with Crippen LogP contribution in [0.25, 0.3) is 0 Å². The lowest BCUT2D eigenvalue weighted by Gasteiger charge is -2.21. The summed E-state index contributed by atoms with van der Waals surface area (Å²) in [6, 6.07) is 0.00745. The van der Waals surface area contributed by atoms with Crippen molar-refractivity contribution in [3.63, 3.8) is 0 Å². The van der Waals surface area contributed by atoms with Crippen molar-refractivity contribution in [3.8, 4) is 0 Å². The largest absolute Gasteiger partial charge is 0.486 e. The van der Waals surface area contributed by atoms with Crippen LogP contribution in [0.15, 0.2) is 24.1 Å². The summed E-state index contributed by atoms with van der Waals surface area (Å²) in [7, 11) is 0. The highest BCUT2D eigenvalue weighted by Crippen LogP contribution is 2.08. The second kappa shape index (κ2) is 4.95. The predicted molar refractivity (Wildman–Crippen MR) is 49.8 cm³/mol. The minimum Gasteiger partial charge on any atom is -0.486 e. The molecular weight excluding hydrogens is 190 g/mol. The Morgan fingerprint density at radius 1 is 1.64 bits per heavy atom. The SMILES string of the molecule is CC(N)[C@@H]1C=CC(OCC(F)F)=CN1. The molecule has 0 aromatic rings. The van der Waals surface area contributed by atoms with Gasteiger partial charge in [-0.1, -0.05) is 6.08 Å². The van der Waals surface area contributed by atoms with Crippen LogP contribution in [0.1, 0.15) is 6.92 Å². The summed E-state index contributed by atoms with van der Waals surface area (Å²) in [5, 5.41) is 2.95. The molecule has 0 saturated heterocycles. The van der Waals surface area contributed by atoms with Crippen LogP contribution in [0.3, 0.4) is 0 Å². The Hall–Kier alpha value is -1.10. The van der Waals surface area contributed by atoms with Crippen LogP contribution < -0.4 is 11.1 Å². The third-order valence-electron chi connectivity index (χ3n) is 1.83. The standard InChI is InChI=1S/C9H14F2N2O/c1-6(12)8-3-2-7(4-13-8)14-5-9(10)11/h2-4,6,8-9,13H,5,12H2,1H3/t6?,8-/m0/s1. The van der Waals surface area contributed by atoms with Crippen LogP contribution in [-0.2, 0) is 4.74 Å². The fraction of sp³-hybridized carbons (Fsp3) is 0.556. The number of ether oxygens (including phenoxy) is 1. The molecule has 3 nitrogen and oxygen atoms in total. The van der Waals surface area contributed by atoms with Crippen molar-refractivity contribution in [2.45, 2.75) is 25.4 Å². The van der Waals surface area contributed by atoms with E-state index in [9.17, 15) is 8.78 Å². The minimum atomic E-state index is -2.45. The van der Waals surface area contributed by atoms with Crippen LogP contribution >= 0.6 is 0 Å². The molecule has 0 aromatic carbocycles. The molecule has 1 unspecified atom stereocenters. The molecule has 0 fully saturated rings. The van der Waals surface area contributed by atoms with Gasteiger partial charge in [0.05, 0.1) is 6.04 Å². The number of nitrogens with two attached hydrogens (primary N) is 1. The molecule has 14 heavy (non-hydrogen) atoms. The van der Waals surface area contributed by atoms with E-state index in [1.54, 1.807) is 18.4 Å². The van der Waals surface area contributed by atoms with Crippen molar-refractivity contribution in [1.29, 1.82) is 0 Å². The Bertz CT molecular complexity index is 239. The van der Waals surface area contributed by atoms with Gasteiger partial charge in [0.2, 0.25) is 0 Å². The zero-order valence-corrected chi connectivity index (χ0v) is 7.91. The summed E-state index contributed by atoms with van der Waals surface area (Å²) in [6.07, 6.45) is 2.55. The zero-order chi connectivity index (χ0) is 10.6. The summed E-state index contributed by atoms with van der Waals surface area (Å²) in [4.78, 5) is 0. The van der Waals surface area contributed by atoms with Gasteiger partial charge in [0.15, 0.2) is 0 Å². The highest BCUT2D eigenvalue weighted by atomic mass is 19.3. The molecule has 0 radical (unpaired) electrons. The zero-order valence-electron chi connectivity index (χ0n) is 7.91. The maximum absolute atomic E-state index is 11.8. The Morgan fingerprint density at radius 2 is 2.36 bits per heavy atom. The van der Waals surface area contributed by atoms with Gasteiger partial charge in [-0.15, -0.1) is 0 Å². The molecule has 0 aliphatic carbocycles. The molecule has 1 heterocycles. The smallest absolute Gasteiger partial charge is 0.272 e. The second-order valence-corrected chi connectivity index (χ2v) is 3.16. The third kappa shape index (κ3) is 3.33. The summed E-state index contributed by atoms with van der Waals surface area (Å²) in [5.41, 5.74) is 5.63. The number of allylic oxidation sites excluding steroid dienone is 1. The van der Waals surface area contributed by atoms with Crippen molar-refractivity contribution in [2.75, 3.05) is 6.61 Å². The minimum absolute atomic E-state index is 0.0286. The van der Waals surface area contributed by atoms with E-state index in [1.165, 1.54) is 0 Å². The van der Waals surface area contributed by atoms with Gasteiger partial charge in [0.25, 0.3) is 6.43 Å². The van der Waals surface area contributed by atoms with E-state index >= 15 is 0 Å². The molecule has 0 spiro atoms. The van der Waals surface area contributed by atoms with Crippen LogP contribution in [0.4, 0.5) is 8.78 Å². The fourth-order valence-electron chi connectivity index (χ4n) is 1.06. The van der Waals surface area contributed by atoms with Crippen molar-refractivity contribution in [2.24, 2.45) is 5.73 Å². The number of hydrogen-bond donors (Lipinski definition) is 2. The molecule has 2 atom stereocenters. The van der Waals surface area contributed by atoms with Gasteiger partial charge in [0.1, 0.15) is 12.4 Å². The Morgan fingerprint density at radius 3 is 2.79 bits per heavy atom. The van der Waals surface area contributed by atoms with Gasteiger partial charge in [-0.05, 0) is 13.0 Å². The summed E-state index contributed by atoms with van der Waals surface area (Å²) in [6.45, 7) is 1.28. The van der Waals surface area contributed by atoms with Gasteiger partial charge < -0.3 is 15.8 Å². The third-order valence-corrected chi connectivity index (χ3v) is 1.83. The molecule has 1 rings (SSSR count). The van der Waals surface area contributed by atoms with Crippen molar-refractivity contribution < 1.29 is 13.5 Å². The number of alkyl halides is 2. The highest BCUT2D eigenvalue weighted by Gasteiger charge is 2.12. The van der Waals surface area contributed by atoms with E-state index in [-0.39, 0.29) is 12.1 Å². The number of rotatable bonds is 4. The lowest BCUT2D eigenvalue weighted by molar-refractivity contribution is 0.0516. The Labute approximate surface area is 81.6 Å². The number of nitrogens with one attached hydrogen (secondary N) is 1. The van der Waals surface area contributed by atoms with E-state index in [0.717, 1.165) is 0 Å². The summed E-state index contributed by atoms with van der Waals surface area (Å²) >= 11 is 0. The quantitative estimate of drug-likeness (QED) is 0.717. The number of halogens is 2. The first-order chi connectivity index (χ1) is 6.59. The van der Waals surface area contributed by atoms with Crippen LogP contribution in [0.5, 0.6) is 0 Å². The predicted octanol–water partition coefficient (Wildman–Crippen LogP) is 0.985. The van der Waals surface area contributed by atoms with Gasteiger partial charge in [-0.25, -0.2) is 8.78 Å². The molecule has 0 aromatic heterocycles. The molecule has 0 amide bonds. The van der Waals surface area contributed by atoms with Gasteiger partial charge in [-0.3, -0.25) is 0 Å². The van der Waals surface area contributed by atoms with Crippen LogP contribution in [0.2, 0.25) is 0 Å². The summed E-state index contributed by atoms with van der Waals surface area (Å²) < 4.78 is 28.3. The molecule has 3 N–H and O–H groups in total. The first-order valence-corrected chi connectivity index (χ1v) is 4.40. The van der Waals surface area contributed by atoms with Crippen LogP contribution in [0, 0.1) is 0 Å². The van der Waals surface area contributed by atoms with E-state index in [1.807, 2.05) is 6.92 Å². The molecule has 0 saturated carbocycles. The molecule has 1 aliphatic heterocycles. The maximum atomic E-state index is 11.8. The first kappa shape index (κ1) is 11.0. The Balaban J connectivity index is 2.35. The average molecular weight is 204 g/mol. The van der Waals surface area contributed by atoms with E-state index in [4.69, 9.17) is 10.5 Å². The maximum Gasteiger partial charge on any atom is 0.272 e. The normalized spacial score (nSPS) is 22.9. The van der Waals surface area contributed by atoms with Gasteiger partial charge in [-0.2, -0.15) is 0 Å². The van der Waals surface area contributed by atoms with Crippen molar-refractivity contribution >= 4 is 0 Å². The molecule has 0 bridgehead atoms. The molecule has 5 heteroatoms. The number of hydrogen-bond acceptors (Lipinski definition) is 3. The first-order valence-electron chi connectivity index (χ1n) is 4.40. The van der Waals surface area contributed by atoms with Crippen LogP contribution in [-0.4, -0.2) is 25.1 Å². The lowest BCUT2D eigenvalue weighted by atomic mass is 10.1. The van der Waals surface area contributed by atoms with Gasteiger partial charge in [0, 0.05) is 12.2 Å². The monoisotopic (exact) mass is 204 g/mol. The van der Waals surface area contributed by atoms with Crippen molar-refractivity contribution in [1.82, 2.24) is 5.32 Å². The van der Waals surface area contributed by atoms with Crippen molar-refractivity contribution in [3.05, 3.63) is 24.1 Å². The average Bonchev–Trinajstić information content (AvgIpc) is 2.15. The fourth-order valence-corrected chi connectivity index (χ4v) is 1.06. The lowest BCUT2D eigenvalue weighted by Crippen LogP contribution is -2.40. The second-order valence-electron chi connectivity index (χ2n) is 3.16. The molecular formula is C9H14F2N2O. The van der Waals surface area contributed by atoms with E-state index < -0.39 is 13.0 Å². The van der Waals surface area contributed by atoms with E-state index in [0.29, 0.717) is 5.76 Å². The Kier molecular flexibility index (Phi) is 3.88. The summed E-state index contributed by atoms with van der Waals surface area (Å²) in [5.74, 6) is 0.405. The van der Waals surface area contributed by atoms with E-state index in [2.05, 4.69) is 5.32 Å². The number of dihydropyridines is 1.